The van der Waals surface area contributed by atoms with Gasteiger partial charge in [0.25, 0.3) is 0 Å². The van der Waals surface area contributed by atoms with E-state index in [0.29, 0.717) is 22.3 Å². The maximum absolute atomic E-state index is 12.6. The van der Waals surface area contributed by atoms with Crippen LogP contribution >= 0.6 is 22.9 Å². The van der Waals surface area contributed by atoms with Crippen molar-refractivity contribution in [1.29, 1.82) is 0 Å². The number of thiazole rings is 1. The zero-order chi connectivity index (χ0) is 19.7. The summed E-state index contributed by atoms with van der Waals surface area (Å²) >= 11 is 7.55. The summed E-state index contributed by atoms with van der Waals surface area (Å²) in [5, 5.41) is 6.20. The van der Waals surface area contributed by atoms with Gasteiger partial charge in [-0.15, -0.1) is 11.3 Å². The van der Waals surface area contributed by atoms with Crippen LogP contribution in [-0.2, 0) is 24.7 Å². The van der Waals surface area contributed by atoms with Gasteiger partial charge in [-0.1, -0.05) is 30.7 Å². The van der Waals surface area contributed by atoms with Gasteiger partial charge in [-0.25, -0.2) is 4.98 Å². The second-order valence-corrected chi connectivity index (χ2v) is 7.86. The average Bonchev–Trinajstić information content (AvgIpc) is 3.21. The van der Waals surface area contributed by atoms with E-state index in [2.05, 4.69) is 10.3 Å². The number of nitrogens with zero attached hydrogens (tertiary/aromatic N) is 1. The van der Waals surface area contributed by atoms with Gasteiger partial charge >= 0.3 is 11.9 Å². The van der Waals surface area contributed by atoms with E-state index in [9.17, 15) is 9.59 Å². The fraction of sp³-hybridized carbons (Fsp3) is 0.421. The lowest BCUT2D eigenvalue weighted by molar-refractivity contribution is -0.166. The summed E-state index contributed by atoms with van der Waals surface area (Å²) in [6.07, 6.45) is 0.512. The van der Waals surface area contributed by atoms with Crippen molar-refractivity contribution in [2.24, 2.45) is 5.41 Å². The zero-order valence-electron chi connectivity index (χ0n) is 15.4. The lowest BCUT2D eigenvalue weighted by Crippen LogP contribution is -2.37. The lowest BCUT2D eigenvalue weighted by Gasteiger charge is -2.23. The number of esters is 2. The molecule has 2 aromatic rings. The number of carbonyl (C=O) groups excluding carboxylic acids is 2. The minimum absolute atomic E-state index is 0.198. The molecule has 1 N–H and O–H groups in total. The van der Waals surface area contributed by atoms with Crippen molar-refractivity contribution in [2.75, 3.05) is 11.9 Å². The monoisotopic (exact) mass is 408 g/mol. The molecule has 1 saturated heterocycles. The van der Waals surface area contributed by atoms with E-state index in [-0.39, 0.29) is 13.0 Å². The summed E-state index contributed by atoms with van der Waals surface area (Å²) in [5.74, 6) is -1.09. The minimum Gasteiger partial charge on any atom is -0.465 e. The highest BCUT2D eigenvalue weighted by atomic mass is 35.5. The van der Waals surface area contributed by atoms with E-state index in [0.717, 1.165) is 5.69 Å². The Morgan fingerprint density at radius 3 is 2.81 bits per heavy atom. The Balaban J connectivity index is 1.85. The number of cyclic esters (lactones) is 1. The number of aromatic nitrogens is 1. The summed E-state index contributed by atoms with van der Waals surface area (Å²) in [5.41, 5.74) is -0.945. The molecule has 0 unspecified atom stereocenters. The quantitative estimate of drug-likeness (QED) is 0.553. The molecule has 0 saturated carbocycles. The maximum Gasteiger partial charge on any atom is 0.324 e. The fourth-order valence-electron chi connectivity index (χ4n) is 3.22. The van der Waals surface area contributed by atoms with E-state index in [1.807, 2.05) is 23.6 Å². The number of rotatable bonds is 6. The summed E-state index contributed by atoms with van der Waals surface area (Å²) in [6, 6.07) is 7.36. The van der Waals surface area contributed by atoms with E-state index in [1.54, 1.807) is 26.8 Å². The number of hydrogen-bond acceptors (Lipinski definition) is 7. The number of halogens is 1. The van der Waals surface area contributed by atoms with Crippen LogP contribution in [0.25, 0.3) is 0 Å². The molecule has 1 aromatic heterocycles. The second kappa shape index (κ2) is 7.48. The first-order valence-electron chi connectivity index (χ1n) is 8.73. The molecule has 0 spiro atoms. The van der Waals surface area contributed by atoms with Crippen molar-refractivity contribution < 1.29 is 19.1 Å². The molecule has 0 radical (unpaired) electrons. The van der Waals surface area contributed by atoms with Crippen molar-refractivity contribution in [1.82, 2.24) is 4.98 Å². The van der Waals surface area contributed by atoms with Crippen molar-refractivity contribution in [2.45, 2.75) is 39.2 Å². The molecule has 0 bridgehead atoms. The van der Waals surface area contributed by atoms with Crippen LogP contribution < -0.4 is 5.32 Å². The highest BCUT2D eigenvalue weighted by Crippen LogP contribution is 2.49. The number of hydrogen-bond donors (Lipinski definition) is 1. The minimum atomic E-state index is -1.29. The molecule has 8 heteroatoms. The van der Waals surface area contributed by atoms with Gasteiger partial charge in [0.15, 0.2) is 16.1 Å². The Bertz CT molecular complexity index is 871. The molecule has 1 aliphatic rings. The topological polar surface area (TPSA) is 77.5 Å². The second-order valence-electron chi connectivity index (χ2n) is 6.60. The molecular weight excluding hydrogens is 388 g/mol. The summed E-state index contributed by atoms with van der Waals surface area (Å²) in [4.78, 5) is 29.6. The molecule has 0 amide bonds. The average molecular weight is 409 g/mol. The van der Waals surface area contributed by atoms with Crippen LogP contribution in [0.1, 0.15) is 39.3 Å². The van der Waals surface area contributed by atoms with Gasteiger partial charge in [0.1, 0.15) is 0 Å². The molecule has 3 rings (SSSR count). The van der Waals surface area contributed by atoms with E-state index >= 15 is 0 Å². The molecule has 1 aromatic carbocycles. The van der Waals surface area contributed by atoms with Gasteiger partial charge in [-0.05, 0) is 32.4 Å². The molecule has 144 valence electrons. The Kier molecular flexibility index (Phi) is 5.44. The van der Waals surface area contributed by atoms with Crippen molar-refractivity contribution >= 4 is 45.7 Å². The van der Waals surface area contributed by atoms with E-state index in [4.69, 9.17) is 21.1 Å². The molecule has 2 heterocycles. The van der Waals surface area contributed by atoms with Crippen LogP contribution in [0.3, 0.4) is 0 Å². The molecule has 1 aliphatic heterocycles. The molecule has 1 fully saturated rings. The van der Waals surface area contributed by atoms with Crippen LogP contribution in [0.5, 0.6) is 0 Å². The molecule has 6 nitrogen and oxygen atoms in total. The van der Waals surface area contributed by atoms with Crippen molar-refractivity contribution in [3.8, 4) is 0 Å². The third-order valence-corrected chi connectivity index (χ3v) is 5.87. The number of para-hydroxylation sites is 1. The molecule has 2 atom stereocenters. The van der Waals surface area contributed by atoms with E-state index < -0.39 is 23.0 Å². The number of ether oxygens (including phenoxy) is 2. The lowest BCUT2D eigenvalue weighted by atomic mass is 9.78. The summed E-state index contributed by atoms with van der Waals surface area (Å²) in [7, 11) is 0. The first-order chi connectivity index (χ1) is 12.8. The first kappa shape index (κ1) is 19.6. The van der Waals surface area contributed by atoms with Gasteiger partial charge in [-0.3, -0.25) is 9.59 Å². The maximum atomic E-state index is 12.6. The number of anilines is 2. The third kappa shape index (κ3) is 3.53. The van der Waals surface area contributed by atoms with Crippen molar-refractivity contribution in [3.63, 3.8) is 0 Å². The number of benzene rings is 1. The molecular formula is C19H21ClN2O4S. The Hall–Kier alpha value is -2.12. The van der Waals surface area contributed by atoms with Gasteiger partial charge in [-0.2, -0.15) is 0 Å². The molecule has 27 heavy (non-hydrogen) atoms. The number of carbonyl (C=O) groups is 2. The van der Waals surface area contributed by atoms with Gasteiger partial charge in [0.05, 0.1) is 23.0 Å². The zero-order valence-corrected chi connectivity index (χ0v) is 16.9. The fourth-order valence-corrected chi connectivity index (χ4v) is 4.25. The molecule has 0 aliphatic carbocycles. The van der Waals surface area contributed by atoms with Crippen LogP contribution in [0, 0.1) is 5.41 Å². The van der Waals surface area contributed by atoms with Gasteiger partial charge in [0.2, 0.25) is 0 Å². The Labute approximate surface area is 166 Å². The Morgan fingerprint density at radius 2 is 2.15 bits per heavy atom. The SMILES string of the molecule is CCOC(=O)[C@@]1(CC)C[C@@](C)(c2csc(Nc3ccccc3Cl)n2)OC1=O. The highest BCUT2D eigenvalue weighted by Gasteiger charge is 2.60. The highest BCUT2D eigenvalue weighted by molar-refractivity contribution is 7.13. The number of nitrogens with one attached hydrogen (secondary N) is 1. The van der Waals surface area contributed by atoms with Crippen LogP contribution in [0.15, 0.2) is 29.6 Å². The predicted octanol–water partition coefficient (Wildman–Crippen LogP) is 4.66. The van der Waals surface area contributed by atoms with Crippen LogP contribution in [0.4, 0.5) is 10.8 Å². The van der Waals surface area contributed by atoms with Crippen LogP contribution in [0.2, 0.25) is 5.02 Å². The summed E-state index contributed by atoms with van der Waals surface area (Å²) < 4.78 is 10.8. The third-order valence-electron chi connectivity index (χ3n) is 4.78. The standard InChI is InChI=1S/C19H21ClN2O4S/c1-4-19(15(23)25-5-2)11-18(3,26-16(19)24)14-10-27-17(22-14)21-13-9-7-6-8-12(13)20/h6-10H,4-5,11H2,1-3H3,(H,21,22)/t18-,19+/m0/s1. The van der Waals surface area contributed by atoms with Gasteiger partial charge < -0.3 is 14.8 Å². The first-order valence-corrected chi connectivity index (χ1v) is 9.98. The van der Waals surface area contributed by atoms with Gasteiger partial charge in [0, 0.05) is 11.8 Å². The predicted molar refractivity (Wildman–Crippen MR) is 104 cm³/mol. The van der Waals surface area contributed by atoms with Crippen LogP contribution in [-0.4, -0.2) is 23.5 Å². The van der Waals surface area contributed by atoms with Crippen molar-refractivity contribution in [3.05, 3.63) is 40.4 Å². The normalized spacial score (nSPS) is 24.5. The smallest absolute Gasteiger partial charge is 0.324 e. The summed E-state index contributed by atoms with van der Waals surface area (Å²) in [6.45, 7) is 5.49. The Morgan fingerprint density at radius 1 is 1.41 bits per heavy atom. The largest absolute Gasteiger partial charge is 0.465 e. The van der Waals surface area contributed by atoms with E-state index in [1.165, 1.54) is 11.3 Å².